The van der Waals surface area contributed by atoms with Crippen LogP contribution in [0.15, 0.2) is 0 Å². The van der Waals surface area contributed by atoms with Crippen LogP contribution >= 0.6 is 0 Å². The van der Waals surface area contributed by atoms with Gasteiger partial charge in [-0.3, -0.25) is 4.90 Å². The van der Waals surface area contributed by atoms with E-state index in [0.29, 0.717) is 0 Å². The summed E-state index contributed by atoms with van der Waals surface area (Å²) in [5.74, 6) is 2.60. The highest BCUT2D eigenvalue weighted by Crippen LogP contribution is 2.36. The smallest absolute Gasteiger partial charge is 0.411 e. The van der Waals surface area contributed by atoms with Crippen molar-refractivity contribution in [3.05, 3.63) is 0 Å². The highest BCUT2D eigenvalue weighted by molar-refractivity contribution is 5.71. The maximum atomic E-state index is 11.8. The molecule has 3 nitrogen and oxygen atoms in total. The maximum absolute atomic E-state index is 11.8. The molecule has 1 aliphatic heterocycles. The minimum absolute atomic E-state index is 0.116. The van der Waals surface area contributed by atoms with Crippen LogP contribution < -0.4 is 0 Å². The van der Waals surface area contributed by atoms with E-state index in [2.05, 4.69) is 5.92 Å². The number of likely N-dealkylation sites (tertiary alicyclic amines) is 1. The number of terminal acetylenes is 1. The van der Waals surface area contributed by atoms with Crippen molar-refractivity contribution in [2.24, 2.45) is 0 Å². The lowest BCUT2D eigenvalue weighted by Crippen LogP contribution is -2.65. The Morgan fingerprint density at radius 1 is 1.53 bits per heavy atom. The zero-order valence-corrected chi connectivity index (χ0v) is 10.1. The average molecular weight is 209 g/mol. The van der Waals surface area contributed by atoms with Gasteiger partial charge in [0.15, 0.2) is 0 Å². The van der Waals surface area contributed by atoms with Crippen molar-refractivity contribution in [3.63, 3.8) is 0 Å². The largest absolute Gasteiger partial charge is 0.444 e. The van der Waals surface area contributed by atoms with Gasteiger partial charge < -0.3 is 4.74 Å². The zero-order valence-electron chi connectivity index (χ0n) is 10.1. The lowest BCUT2D eigenvalue weighted by molar-refractivity contribution is -0.0484. The Labute approximate surface area is 91.8 Å². The van der Waals surface area contributed by atoms with Gasteiger partial charge in [0.2, 0.25) is 0 Å². The second-order valence-electron chi connectivity index (χ2n) is 5.55. The summed E-state index contributed by atoms with van der Waals surface area (Å²) in [6.45, 7) is 9.53. The number of ether oxygens (including phenoxy) is 1. The minimum Gasteiger partial charge on any atom is -0.444 e. The molecule has 0 N–H and O–H groups in total. The molecule has 1 amide bonds. The highest BCUT2D eigenvalue weighted by Gasteiger charge is 2.48. The Morgan fingerprint density at radius 2 is 2.07 bits per heavy atom. The molecule has 15 heavy (non-hydrogen) atoms. The number of hydrogen-bond acceptors (Lipinski definition) is 2. The van der Waals surface area contributed by atoms with E-state index < -0.39 is 5.60 Å². The Balaban J connectivity index is 2.71. The van der Waals surface area contributed by atoms with Crippen LogP contribution in [0, 0.1) is 12.3 Å². The monoisotopic (exact) mass is 209 g/mol. The van der Waals surface area contributed by atoms with Gasteiger partial charge in [-0.05, 0) is 34.6 Å². The van der Waals surface area contributed by atoms with Crippen molar-refractivity contribution in [1.82, 2.24) is 4.90 Å². The first-order valence-electron chi connectivity index (χ1n) is 5.16. The summed E-state index contributed by atoms with van der Waals surface area (Å²) in [4.78, 5) is 13.5. The standard InChI is InChI=1S/C12H19NO2/c1-7-9-8-12(5,6)13(9)10(14)15-11(2,3)4/h1,9H,8H2,2-6H3. The van der Waals surface area contributed by atoms with E-state index in [9.17, 15) is 4.79 Å². The van der Waals surface area contributed by atoms with E-state index in [1.54, 1.807) is 4.90 Å². The SMILES string of the molecule is C#CC1CC(C)(C)N1C(=O)OC(C)(C)C. The third-order valence-electron chi connectivity index (χ3n) is 2.44. The first-order valence-corrected chi connectivity index (χ1v) is 5.16. The van der Waals surface area contributed by atoms with Crippen LogP contribution in [0.2, 0.25) is 0 Å². The fourth-order valence-electron chi connectivity index (χ4n) is 1.79. The van der Waals surface area contributed by atoms with E-state index in [1.807, 2.05) is 34.6 Å². The van der Waals surface area contributed by atoms with Crippen LogP contribution in [0.5, 0.6) is 0 Å². The highest BCUT2D eigenvalue weighted by atomic mass is 16.6. The predicted molar refractivity (Wildman–Crippen MR) is 59.4 cm³/mol. The molecule has 1 fully saturated rings. The lowest BCUT2D eigenvalue weighted by atomic mass is 9.82. The zero-order chi connectivity index (χ0) is 11.9. The third-order valence-corrected chi connectivity index (χ3v) is 2.44. The van der Waals surface area contributed by atoms with Gasteiger partial charge >= 0.3 is 6.09 Å². The van der Waals surface area contributed by atoms with Crippen LogP contribution in [-0.2, 0) is 4.74 Å². The molecule has 1 unspecified atom stereocenters. The molecule has 0 radical (unpaired) electrons. The molecule has 84 valence electrons. The van der Waals surface area contributed by atoms with Gasteiger partial charge in [0.25, 0.3) is 0 Å². The van der Waals surface area contributed by atoms with E-state index in [4.69, 9.17) is 11.2 Å². The molecule has 3 heteroatoms. The number of nitrogens with zero attached hydrogens (tertiary/aromatic N) is 1. The summed E-state index contributed by atoms with van der Waals surface area (Å²) in [6.07, 6.45) is 5.87. The average Bonchev–Trinajstić information content (AvgIpc) is 1.96. The van der Waals surface area contributed by atoms with Crippen molar-refractivity contribution in [3.8, 4) is 12.3 Å². The molecule has 0 spiro atoms. The quantitative estimate of drug-likeness (QED) is 0.573. The summed E-state index contributed by atoms with van der Waals surface area (Å²) in [6, 6.07) is -0.116. The number of amides is 1. The normalized spacial score (nSPS) is 24.0. The second kappa shape index (κ2) is 3.44. The van der Waals surface area contributed by atoms with E-state index in [-0.39, 0.29) is 17.7 Å². The summed E-state index contributed by atoms with van der Waals surface area (Å²) in [7, 11) is 0. The minimum atomic E-state index is -0.470. The van der Waals surface area contributed by atoms with Gasteiger partial charge in [-0.1, -0.05) is 5.92 Å². The van der Waals surface area contributed by atoms with E-state index in [1.165, 1.54) is 0 Å². The molecule has 1 saturated heterocycles. The summed E-state index contributed by atoms with van der Waals surface area (Å²) in [5.41, 5.74) is -0.652. The van der Waals surface area contributed by atoms with Crippen LogP contribution in [0.1, 0.15) is 41.0 Å². The molecule has 0 aromatic heterocycles. The Bertz CT molecular complexity index is 307. The van der Waals surface area contributed by atoms with Crippen molar-refractivity contribution >= 4 is 6.09 Å². The van der Waals surface area contributed by atoms with Crippen molar-refractivity contribution in [2.75, 3.05) is 0 Å². The fourth-order valence-corrected chi connectivity index (χ4v) is 1.79. The lowest BCUT2D eigenvalue weighted by Gasteiger charge is -2.52. The Kier molecular flexibility index (Phi) is 2.73. The molecule has 0 bridgehead atoms. The third kappa shape index (κ3) is 2.44. The van der Waals surface area contributed by atoms with Crippen LogP contribution in [0.25, 0.3) is 0 Å². The van der Waals surface area contributed by atoms with Gasteiger partial charge in [-0.15, -0.1) is 6.42 Å². The second-order valence-corrected chi connectivity index (χ2v) is 5.55. The van der Waals surface area contributed by atoms with Gasteiger partial charge in [0.05, 0.1) is 6.04 Å². The summed E-state index contributed by atoms with van der Waals surface area (Å²) in [5, 5.41) is 0. The molecule has 0 aromatic carbocycles. The molecule has 0 saturated carbocycles. The van der Waals surface area contributed by atoms with Gasteiger partial charge in [-0.25, -0.2) is 4.79 Å². The topological polar surface area (TPSA) is 29.5 Å². The first kappa shape index (κ1) is 11.9. The van der Waals surface area contributed by atoms with Crippen molar-refractivity contribution < 1.29 is 9.53 Å². The van der Waals surface area contributed by atoms with Crippen LogP contribution in [0.4, 0.5) is 4.79 Å². The molecule has 1 heterocycles. The number of hydrogen-bond donors (Lipinski definition) is 0. The fraction of sp³-hybridized carbons (Fsp3) is 0.750. The van der Waals surface area contributed by atoms with Gasteiger partial charge in [-0.2, -0.15) is 0 Å². The van der Waals surface area contributed by atoms with Crippen molar-refractivity contribution in [1.29, 1.82) is 0 Å². The number of carbonyl (C=O) groups is 1. The molecule has 0 aromatic rings. The number of carbonyl (C=O) groups excluding carboxylic acids is 1. The Hall–Kier alpha value is -1.17. The summed E-state index contributed by atoms with van der Waals surface area (Å²) < 4.78 is 5.30. The van der Waals surface area contributed by atoms with Crippen molar-refractivity contribution in [2.45, 2.75) is 58.2 Å². The van der Waals surface area contributed by atoms with Crippen LogP contribution in [-0.4, -0.2) is 28.2 Å². The molecular formula is C12H19NO2. The molecule has 0 aliphatic carbocycles. The molecule has 1 aliphatic rings. The summed E-state index contributed by atoms with van der Waals surface area (Å²) >= 11 is 0. The van der Waals surface area contributed by atoms with E-state index >= 15 is 0 Å². The molecular weight excluding hydrogens is 190 g/mol. The molecule has 1 rings (SSSR count). The van der Waals surface area contributed by atoms with Gasteiger partial charge in [0, 0.05) is 12.0 Å². The van der Waals surface area contributed by atoms with E-state index in [0.717, 1.165) is 6.42 Å². The Morgan fingerprint density at radius 3 is 2.40 bits per heavy atom. The molecule has 1 atom stereocenters. The van der Waals surface area contributed by atoms with Crippen LogP contribution in [0.3, 0.4) is 0 Å². The first-order chi connectivity index (χ1) is 6.67. The maximum Gasteiger partial charge on any atom is 0.411 e. The number of rotatable bonds is 0. The predicted octanol–water partition coefficient (Wildman–Crippen LogP) is 2.41. The van der Waals surface area contributed by atoms with Gasteiger partial charge in [0.1, 0.15) is 5.60 Å².